The third kappa shape index (κ3) is 4.82. The van der Waals surface area contributed by atoms with Crippen LogP contribution in [0.5, 0.6) is 11.5 Å². The van der Waals surface area contributed by atoms with Gasteiger partial charge in [0.05, 0.1) is 50.1 Å². The van der Waals surface area contributed by atoms with Crippen molar-refractivity contribution in [3.05, 3.63) is 65.9 Å². The van der Waals surface area contributed by atoms with Crippen LogP contribution in [0.25, 0.3) is 11.3 Å². The average Bonchev–Trinajstić information content (AvgIpc) is 3.40. The molecule has 0 bridgehead atoms. The number of aromatic nitrogens is 1. The zero-order valence-corrected chi connectivity index (χ0v) is 23.7. The normalized spacial score (nSPS) is 22.4. The van der Waals surface area contributed by atoms with Crippen molar-refractivity contribution in [2.45, 2.75) is 38.0 Å². The topological polar surface area (TPSA) is 89.5 Å². The number of hydrogen-bond donors (Lipinski definition) is 2. The summed E-state index contributed by atoms with van der Waals surface area (Å²) in [5.74, 6) is 0.326. The van der Waals surface area contributed by atoms with Gasteiger partial charge in [0.15, 0.2) is 0 Å². The van der Waals surface area contributed by atoms with Crippen LogP contribution in [-0.2, 0) is 10.5 Å². The standard InChI is InChI=1S/C31H40N6O3/c1-4-40-29-21-23(35-15-13-30(2,14-16-35)36-17-19-39-20-18-36)9-11-26(29)31(32)33-22-24-10-12-27(37(24)34-31)25-7-5-6-8-28(25)38-3/h5-12,21-22,34H,4,13-20,32H2,1-3H3. The van der Waals surface area contributed by atoms with E-state index in [9.17, 15) is 0 Å². The lowest BCUT2D eigenvalue weighted by Crippen LogP contribution is -2.56. The van der Waals surface area contributed by atoms with Gasteiger partial charge in [-0.05, 0) is 63.1 Å². The summed E-state index contributed by atoms with van der Waals surface area (Å²) >= 11 is 0. The molecule has 4 heterocycles. The first-order valence-electron chi connectivity index (χ1n) is 14.3. The quantitative estimate of drug-likeness (QED) is 0.465. The molecule has 3 aromatic rings. The molecule has 0 aliphatic carbocycles. The number of rotatable bonds is 7. The molecule has 40 heavy (non-hydrogen) atoms. The Hall–Kier alpha value is -3.53. The molecule has 3 aliphatic heterocycles. The molecular weight excluding hydrogens is 504 g/mol. The number of benzene rings is 2. The Morgan fingerprint density at radius 1 is 1.00 bits per heavy atom. The first kappa shape index (κ1) is 26.7. The zero-order chi connectivity index (χ0) is 27.7. The molecule has 212 valence electrons. The lowest BCUT2D eigenvalue weighted by molar-refractivity contribution is -0.0248. The summed E-state index contributed by atoms with van der Waals surface area (Å²) in [5.41, 5.74) is 15.4. The SMILES string of the molecule is CCOc1cc(N2CCC(C)(N3CCOCC3)CC2)ccc1C1(N)N=Cc2ccc(-c3ccccc3OC)n2N1. The fourth-order valence-corrected chi connectivity index (χ4v) is 6.21. The molecule has 9 heteroatoms. The minimum atomic E-state index is -1.21. The summed E-state index contributed by atoms with van der Waals surface area (Å²) in [6.07, 6.45) is 4.05. The van der Waals surface area contributed by atoms with Crippen molar-refractivity contribution < 1.29 is 14.2 Å². The Bertz CT molecular complexity index is 1370. The van der Waals surface area contributed by atoms with Crippen LogP contribution < -0.4 is 25.5 Å². The number of aliphatic imine (C=N–C) groups is 1. The second-order valence-corrected chi connectivity index (χ2v) is 11.0. The fourth-order valence-electron chi connectivity index (χ4n) is 6.21. The Kier molecular flexibility index (Phi) is 7.20. The van der Waals surface area contributed by atoms with E-state index in [4.69, 9.17) is 24.9 Å². The van der Waals surface area contributed by atoms with E-state index in [1.54, 1.807) is 7.11 Å². The second kappa shape index (κ2) is 10.8. The Morgan fingerprint density at radius 3 is 2.52 bits per heavy atom. The number of piperidine rings is 1. The minimum Gasteiger partial charge on any atom is -0.496 e. The van der Waals surface area contributed by atoms with Gasteiger partial charge in [-0.15, -0.1) is 0 Å². The third-order valence-electron chi connectivity index (χ3n) is 8.63. The van der Waals surface area contributed by atoms with Gasteiger partial charge in [-0.25, -0.2) is 4.99 Å². The number of para-hydroxylation sites is 1. The number of nitrogens with zero attached hydrogens (tertiary/aromatic N) is 4. The van der Waals surface area contributed by atoms with Crippen molar-refractivity contribution in [1.29, 1.82) is 0 Å². The van der Waals surface area contributed by atoms with Crippen molar-refractivity contribution in [3.63, 3.8) is 0 Å². The maximum absolute atomic E-state index is 6.98. The van der Waals surface area contributed by atoms with Gasteiger partial charge < -0.3 is 19.1 Å². The first-order chi connectivity index (χ1) is 19.4. The predicted molar refractivity (Wildman–Crippen MR) is 159 cm³/mol. The van der Waals surface area contributed by atoms with Gasteiger partial charge >= 0.3 is 0 Å². The molecule has 0 amide bonds. The highest BCUT2D eigenvalue weighted by Gasteiger charge is 2.38. The molecule has 9 nitrogen and oxygen atoms in total. The van der Waals surface area contributed by atoms with Crippen LogP contribution in [0, 0.1) is 0 Å². The number of morpholine rings is 1. The summed E-state index contributed by atoms with van der Waals surface area (Å²) in [4.78, 5) is 9.83. The van der Waals surface area contributed by atoms with E-state index in [2.05, 4.69) is 40.3 Å². The summed E-state index contributed by atoms with van der Waals surface area (Å²) in [5, 5.41) is 0. The second-order valence-electron chi connectivity index (χ2n) is 11.0. The minimum absolute atomic E-state index is 0.221. The summed E-state index contributed by atoms with van der Waals surface area (Å²) in [6.45, 7) is 10.6. The van der Waals surface area contributed by atoms with E-state index in [0.717, 1.165) is 91.9 Å². The zero-order valence-electron chi connectivity index (χ0n) is 23.7. The van der Waals surface area contributed by atoms with Crippen LogP contribution in [0.4, 0.5) is 5.69 Å². The van der Waals surface area contributed by atoms with Gasteiger partial charge in [0, 0.05) is 49.0 Å². The molecule has 1 aromatic heterocycles. The summed E-state index contributed by atoms with van der Waals surface area (Å²) in [6, 6.07) is 18.3. The monoisotopic (exact) mass is 544 g/mol. The third-order valence-corrected chi connectivity index (χ3v) is 8.63. The lowest BCUT2D eigenvalue weighted by Gasteiger charge is -2.48. The molecule has 1 unspecified atom stereocenters. The van der Waals surface area contributed by atoms with Gasteiger partial charge in [-0.2, -0.15) is 0 Å². The van der Waals surface area contributed by atoms with E-state index >= 15 is 0 Å². The number of hydrogen-bond acceptors (Lipinski definition) is 8. The largest absolute Gasteiger partial charge is 0.496 e. The molecule has 1 atom stereocenters. The van der Waals surface area contributed by atoms with Crippen molar-refractivity contribution in [2.24, 2.45) is 10.7 Å². The molecule has 6 rings (SSSR count). The van der Waals surface area contributed by atoms with Crippen molar-refractivity contribution in [1.82, 2.24) is 9.58 Å². The molecule has 2 aromatic carbocycles. The van der Waals surface area contributed by atoms with E-state index in [1.807, 2.05) is 54.2 Å². The van der Waals surface area contributed by atoms with E-state index in [-0.39, 0.29) is 5.54 Å². The highest BCUT2D eigenvalue weighted by molar-refractivity contribution is 5.83. The van der Waals surface area contributed by atoms with Crippen molar-refractivity contribution in [3.8, 4) is 22.8 Å². The Balaban J connectivity index is 1.25. The van der Waals surface area contributed by atoms with Crippen molar-refractivity contribution >= 4 is 11.9 Å². The number of nitrogens with one attached hydrogen (secondary N) is 1. The van der Waals surface area contributed by atoms with E-state index < -0.39 is 5.79 Å². The molecular formula is C31H40N6O3. The summed E-state index contributed by atoms with van der Waals surface area (Å²) in [7, 11) is 1.68. The predicted octanol–water partition coefficient (Wildman–Crippen LogP) is 4.00. The van der Waals surface area contributed by atoms with Crippen LogP contribution in [0.1, 0.15) is 37.9 Å². The van der Waals surface area contributed by atoms with E-state index in [1.165, 1.54) is 0 Å². The molecule has 2 fully saturated rings. The summed E-state index contributed by atoms with van der Waals surface area (Å²) < 4.78 is 19.4. The molecule has 2 saturated heterocycles. The van der Waals surface area contributed by atoms with Crippen LogP contribution in [-0.4, -0.2) is 74.4 Å². The number of fused-ring (bicyclic) bond motifs is 1. The van der Waals surface area contributed by atoms with Crippen LogP contribution >= 0.6 is 0 Å². The molecule has 3 aliphatic rings. The lowest BCUT2D eigenvalue weighted by atomic mass is 9.87. The van der Waals surface area contributed by atoms with Gasteiger partial charge in [0.1, 0.15) is 11.5 Å². The highest BCUT2D eigenvalue weighted by Crippen LogP contribution is 2.38. The smallest absolute Gasteiger partial charge is 0.226 e. The number of ether oxygens (including phenoxy) is 3. The Labute approximate surface area is 236 Å². The number of nitrogens with two attached hydrogens (primary N) is 1. The maximum atomic E-state index is 6.98. The van der Waals surface area contributed by atoms with Gasteiger partial charge in [0.25, 0.3) is 0 Å². The van der Waals surface area contributed by atoms with Crippen LogP contribution in [0.3, 0.4) is 0 Å². The molecule has 3 N–H and O–H groups in total. The maximum Gasteiger partial charge on any atom is 0.226 e. The van der Waals surface area contributed by atoms with Crippen LogP contribution in [0.2, 0.25) is 0 Å². The van der Waals surface area contributed by atoms with Gasteiger partial charge in [-0.3, -0.25) is 20.7 Å². The Morgan fingerprint density at radius 2 is 1.77 bits per heavy atom. The van der Waals surface area contributed by atoms with Crippen LogP contribution in [0.15, 0.2) is 59.6 Å². The molecule has 0 saturated carbocycles. The van der Waals surface area contributed by atoms with Gasteiger partial charge in [-0.1, -0.05) is 12.1 Å². The fraction of sp³-hybridized carbons (Fsp3) is 0.452. The van der Waals surface area contributed by atoms with Crippen molar-refractivity contribution in [2.75, 3.05) is 63.4 Å². The average molecular weight is 545 g/mol. The van der Waals surface area contributed by atoms with E-state index in [0.29, 0.717) is 6.61 Å². The molecule has 0 spiro atoms. The number of anilines is 1. The van der Waals surface area contributed by atoms with Gasteiger partial charge in [0.2, 0.25) is 5.79 Å². The first-order valence-corrected chi connectivity index (χ1v) is 14.3. The highest BCUT2D eigenvalue weighted by atomic mass is 16.5. The number of methoxy groups -OCH3 is 1. The molecule has 0 radical (unpaired) electrons.